The molecule has 10 heteroatoms. The maximum Gasteiger partial charge on any atom is 0.268 e. The molecule has 0 bridgehead atoms. The van der Waals surface area contributed by atoms with Gasteiger partial charge in [0.2, 0.25) is 5.91 Å². The molecule has 0 spiro atoms. The van der Waals surface area contributed by atoms with E-state index in [0.29, 0.717) is 23.9 Å². The maximum atomic E-state index is 13.0. The number of nitrogens with one attached hydrogen (secondary N) is 1. The Bertz CT molecular complexity index is 1300. The van der Waals surface area contributed by atoms with Crippen molar-refractivity contribution in [3.63, 3.8) is 0 Å². The second kappa shape index (κ2) is 45.7. The molecule has 0 heterocycles. The lowest BCUT2D eigenvalue weighted by Crippen LogP contribution is -2.51. The van der Waals surface area contributed by atoms with Gasteiger partial charge in [-0.2, -0.15) is 0 Å². The first-order chi connectivity index (χ1) is 31.4. The number of aliphatic hydroxyl groups is 2. The quantitative estimate of drug-likeness (QED) is 0.0240. The Morgan fingerprint density at radius 2 is 0.969 bits per heavy atom. The van der Waals surface area contributed by atoms with Crippen molar-refractivity contribution < 1.29 is 38.0 Å². The summed E-state index contributed by atoms with van der Waals surface area (Å²) in [5, 5.41) is 24.7. The number of phosphoric acid groups is 1. The summed E-state index contributed by atoms with van der Waals surface area (Å²) in [7, 11) is 1.11. The van der Waals surface area contributed by atoms with Crippen LogP contribution in [0.25, 0.3) is 0 Å². The molecule has 1 amide bonds. The smallest absolute Gasteiger partial charge is 0.268 e. The molecule has 0 aliphatic rings. The van der Waals surface area contributed by atoms with Crippen LogP contribution >= 0.6 is 7.82 Å². The van der Waals surface area contributed by atoms with E-state index in [9.17, 15) is 24.5 Å². The fourth-order valence-corrected chi connectivity index (χ4v) is 8.10. The van der Waals surface area contributed by atoms with Gasteiger partial charge in [-0.3, -0.25) is 9.36 Å². The average Bonchev–Trinajstić information content (AvgIpc) is 3.26. The van der Waals surface area contributed by atoms with Crippen molar-refractivity contribution >= 4 is 13.7 Å². The number of carbonyl (C=O) groups excluding carboxylic acids is 1. The molecular formula is C55H101N2O7P. The molecule has 0 rings (SSSR count). The number of carbonyl (C=O) groups is 1. The van der Waals surface area contributed by atoms with Gasteiger partial charge in [-0.1, -0.05) is 215 Å². The minimum Gasteiger partial charge on any atom is -0.756 e. The van der Waals surface area contributed by atoms with Crippen molar-refractivity contribution in [2.24, 2.45) is 0 Å². The van der Waals surface area contributed by atoms with E-state index in [1.165, 1.54) is 96.3 Å². The summed E-state index contributed by atoms with van der Waals surface area (Å²) in [5.74, 6) is -0.286. The van der Waals surface area contributed by atoms with Crippen LogP contribution in [0.5, 0.6) is 0 Å². The van der Waals surface area contributed by atoms with Crippen molar-refractivity contribution in [1.82, 2.24) is 5.32 Å². The van der Waals surface area contributed by atoms with Crippen LogP contribution in [0.4, 0.5) is 0 Å². The van der Waals surface area contributed by atoms with E-state index >= 15 is 0 Å². The molecule has 0 aromatic heterocycles. The highest BCUT2D eigenvalue weighted by atomic mass is 31.2. The molecule has 378 valence electrons. The zero-order chi connectivity index (χ0) is 48.0. The monoisotopic (exact) mass is 933 g/mol. The zero-order valence-corrected chi connectivity index (χ0v) is 43.4. The van der Waals surface area contributed by atoms with Gasteiger partial charge in [0.1, 0.15) is 19.3 Å². The van der Waals surface area contributed by atoms with Gasteiger partial charge in [0.05, 0.1) is 39.9 Å². The molecule has 0 aromatic carbocycles. The second-order valence-electron chi connectivity index (χ2n) is 19.0. The van der Waals surface area contributed by atoms with E-state index in [2.05, 4.69) is 92.1 Å². The molecule has 9 nitrogen and oxygen atoms in total. The highest BCUT2D eigenvalue weighted by Crippen LogP contribution is 2.38. The highest BCUT2D eigenvalue weighted by Gasteiger charge is 2.29. The van der Waals surface area contributed by atoms with Crippen LogP contribution in [0, 0.1) is 0 Å². The molecule has 65 heavy (non-hydrogen) atoms. The van der Waals surface area contributed by atoms with Crippen LogP contribution in [-0.4, -0.2) is 79.8 Å². The lowest BCUT2D eigenvalue weighted by molar-refractivity contribution is -0.870. The van der Waals surface area contributed by atoms with Gasteiger partial charge in [-0.05, 0) is 64.2 Å². The number of hydrogen-bond donors (Lipinski definition) is 3. The minimum absolute atomic E-state index is 0.0445. The summed E-state index contributed by atoms with van der Waals surface area (Å²) in [6.45, 7) is 4.31. The first-order valence-corrected chi connectivity index (χ1v) is 27.8. The molecule has 4 unspecified atom stereocenters. The van der Waals surface area contributed by atoms with Crippen LogP contribution in [0.2, 0.25) is 0 Å². The van der Waals surface area contributed by atoms with E-state index in [-0.39, 0.29) is 18.9 Å². The van der Waals surface area contributed by atoms with Crippen molar-refractivity contribution in [3.05, 3.63) is 72.9 Å². The van der Waals surface area contributed by atoms with Crippen molar-refractivity contribution in [2.45, 2.75) is 231 Å². The minimum atomic E-state index is -4.67. The van der Waals surface area contributed by atoms with E-state index in [1.54, 1.807) is 0 Å². The number of nitrogens with zero attached hydrogens (tertiary/aromatic N) is 1. The average molecular weight is 933 g/mol. The molecule has 0 radical (unpaired) electrons. The number of likely N-dealkylation sites (N-methyl/N-ethyl adjacent to an activating group) is 1. The van der Waals surface area contributed by atoms with Crippen molar-refractivity contribution in [3.8, 4) is 0 Å². The Labute approximate surface area is 400 Å². The molecule has 0 aliphatic carbocycles. The Balaban J connectivity index is 4.27. The lowest BCUT2D eigenvalue weighted by Gasteiger charge is -2.31. The predicted octanol–water partition coefficient (Wildman–Crippen LogP) is 13.9. The Morgan fingerprint density at radius 1 is 0.569 bits per heavy atom. The number of aliphatic hydroxyl groups excluding tert-OH is 2. The fourth-order valence-electron chi connectivity index (χ4n) is 7.37. The van der Waals surface area contributed by atoms with Crippen LogP contribution < -0.4 is 10.2 Å². The molecule has 0 saturated carbocycles. The van der Waals surface area contributed by atoms with Gasteiger partial charge >= 0.3 is 0 Å². The molecule has 0 aliphatic heterocycles. The topological polar surface area (TPSA) is 128 Å². The first-order valence-electron chi connectivity index (χ1n) is 26.4. The number of unbranched alkanes of at least 4 members (excludes halogenated alkanes) is 21. The molecule has 0 aromatic rings. The lowest BCUT2D eigenvalue weighted by atomic mass is 9.99. The number of allylic oxidation sites excluding steroid dienone is 12. The Morgan fingerprint density at radius 3 is 1.42 bits per heavy atom. The number of hydrogen-bond acceptors (Lipinski definition) is 7. The van der Waals surface area contributed by atoms with Crippen LogP contribution in [-0.2, 0) is 18.4 Å². The second-order valence-corrected chi connectivity index (χ2v) is 20.4. The Kier molecular flexibility index (Phi) is 44.2. The third-order valence-corrected chi connectivity index (χ3v) is 12.5. The van der Waals surface area contributed by atoms with Crippen LogP contribution in [0.3, 0.4) is 0 Å². The van der Waals surface area contributed by atoms with Gasteiger partial charge in [-0.25, -0.2) is 0 Å². The number of rotatable bonds is 47. The SMILES string of the molecule is CC/C=C\C/C=C\C/C=C\C/C=C\C/C=C\C/C=C\CCCCCCCCCCCCC(=O)NC(COP(=O)([O-])OCC[N+](C)(C)C)C(O)C(O)CCCCCCCCCCCCCC. The maximum absolute atomic E-state index is 13.0. The third-order valence-electron chi connectivity index (χ3n) is 11.6. The van der Waals surface area contributed by atoms with Gasteiger partial charge in [-0.15, -0.1) is 0 Å². The fraction of sp³-hybridized carbons (Fsp3) is 0.764. The summed E-state index contributed by atoms with van der Waals surface area (Å²) in [5.41, 5.74) is 0. The van der Waals surface area contributed by atoms with E-state index in [4.69, 9.17) is 9.05 Å². The molecular weight excluding hydrogens is 832 g/mol. The van der Waals surface area contributed by atoms with Gasteiger partial charge in [0.15, 0.2) is 0 Å². The Hall–Kier alpha value is -2.10. The first kappa shape index (κ1) is 62.9. The molecule has 3 N–H and O–H groups in total. The number of amides is 1. The molecule has 0 saturated heterocycles. The number of quaternary nitrogens is 1. The van der Waals surface area contributed by atoms with Crippen molar-refractivity contribution in [2.75, 3.05) is 40.9 Å². The standard InChI is InChI=1S/C55H101N2O7P/c1-6-8-10-12-14-16-18-20-21-22-23-24-25-26-27-28-29-30-31-32-33-34-35-36-38-40-42-44-46-48-54(59)56-52(51-64-65(61,62)63-50-49-57(3,4)5)55(60)53(58)47-45-43-41-39-37-19-17-15-13-11-9-7-2/h8,10,14,16,20-21,23-24,26-27,29-30,52-53,55,58,60H,6-7,9,11-13,15,17-19,22,25,28,31-51H2,1-5H3,(H-,56,59,61,62)/b10-8-,16-14-,21-20-,24-23-,27-26-,30-29-. The molecule has 0 fully saturated rings. The zero-order valence-electron chi connectivity index (χ0n) is 42.5. The van der Waals surface area contributed by atoms with E-state index in [0.717, 1.165) is 83.5 Å². The summed E-state index contributed by atoms with van der Waals surface area (Å²) in [6, 6.07) is -1.08. The third kappa shape index (κ3) is 46.8. The summed E-state index contributed by atoms with van der Waals surface area (Å²) in [6.07, 6.45) is 58.0. The normalized spacial score (nSPS) is 15.1. The van der Waals surface area contributed by atoms with Crippen LogP contribution in [0.15, 0.2) is 72.9 Å². The summed E-state index contributed by atoms with van der Waals surface area (Å²) < 4.78 is 23.2. The summed E-state index contributed by atoms with van der Waals surface area (Å²) in [4.78, 5) is 25.5. The van der Waals surface area contributed by atoms with Gasteiger partial charge in [0.25, 0.3) is 7.82 Å². The van der Waals surface area contributed by atoms with Gasteiger partial charge < -0.3 is 34.0 Å². The number of phosphoric ester groups is 1. The largest absolute Gasteiger partial charge is 0.756 e. The van der Waals surface area contributed by atoms with E-state index in [1.807, 2.05) is 21.1 Å². The predicted molar refractivity (Wildman–Crippen MR) is 276 cm³/mol. The summed E-state index contributed by atoms with van der Waals surface area (Å²) >= 11 is 0. The highest BCUT2D eigenvalue weighted by molar-refractivity contribution is 7.45. The van der Waals surface area contributed by atoms with Crippen molar-refractivity contribution in [1.29, 1.82) is 0 Å². The van der Waals surface area contributed by atoms with Crippen LogP contribution in [0.1, 0.15) is 213 Å². The molecule has 4 atom stereocenters. The van der Waals surface area contributed by atoms with E-state index < -0.39 is 32.7 Å². The van der Waals surface area contributed by atoms with Gasteiger partial charge in [0, 0.05) is 6.42 Å².